The average molecular weight is 211 g/mol. The molecule has 1 rings (SSSR count). The molecular weight excluding hydrogens is 202 g/mol. The van der Waals surface area contributed by atoms with Gasteiger partial charge in [0.2, 0.25) is 0 Å². The van der Waals surface area contributed by atoms with Crippen LogP contribution in [-0.4, -0.2) is 25.1 Å². The Kier molecular flexibility index (Phi) is 3.75. The molecule has 0 bridgehead atoms. The molecule has 0 amide bonds. The first-order valence-corrected chi connectivity index (χ1v) is 4.05. The number of nitro groups is 1. The number of carbonyl (C=O) groups excluding carboxylic acids is 1. The van der Waals surface area contributed by atoms with Gasteiger partial charge in [0.1, 0.15) is 11.3 Å². The van der Waals surface area contributed by atoms with Crippen LogP contribution in [0.3, 0.4) is 0 Å². The molecule has 0 fully saturated rings. The Morgan fingerprint density at radius 2 is 2.27 bits per heavy atom. The summed E-state index contributed by atoms with van der Waals surface area (Å²) in [6, 6.07) is 4.15. The van der Waals surface area contributed by atoms with E-state index in [1.807, 2.05) is 0 Å². The van der Waals surface area contributed by atoms with Crippen LogP contribution in [-0.2, 0) is 4.74 Å². The molecule has 15 heavy (non-hydrogen) atoms. The summed E-state index contributed by atoms with van der Waals surface area (Å²) in [6.07, 6.45) is 0.392. The second-order valence-corrected chi connectivity index (χ2v) is 2.61. The number of hydrogen-bond acceptors (Lipinski definition) is 5. The third kappa shape index (κ3) is 2.50. The minimum atomic E-state index is -0.636. The molecule has 0 aliphatic carbocycles. The van der Waals surface area contributed by atoms with Crippen LogP contribution in [0, 0.1) is 10.1 Å². The van der Waals surface area contributed by atoms with Crippen molar-refractivity contribution in [3.05, 3.63) is 33.9 Å². The van der Waals surface area contributed by atoms with Gasteiger partial charge < -0.3 is 9.47 Å². The zero-order chi connectivity index (χ0) is 11.3. The lowest BCUT2D eigenvalue weighted by Gasteiger charge is -2.06. The van der Waals surface area contributed by atoms with Crippen molar-refractivity contribution >= 4 is 12.0 Å². The fourth-order valence-electron chi connectivity index (χ4n) is 1.06. The van der Waals surface area contributed by atoms with Gasteiger partial charge in [-0.15, -0.1) is 0 Å². The van der Waals surface area contributed by atoms with Gasteiger partial charge in [-0.2, -0.15) is 0 Å². The van der Waals surface area contributed by atoms with Crippen LogP contribution >= 0.6 is 0 Å². The van der Waals surface area contributed by atoms with E-state index >= 15 is 0 Å². The normalized spacial score (nSPS) is 9.67. The van der Waals surface area contributed by atoms with Gasteiger partial charge in [0.25, 0.3) is 5.69 Å². The number of ether oxygens (including phenoxy) is 2. The number of methoxy groups -OCH3 is 1. The molecule has 0 aromatic heterocycles. The lowest BCUT2D eigenvalue weighted by Crippen LogP contribution is -2.03. The average Bonchev–Trinajstić information content (AvgIpc) is 2.25. The number of rotatable bonds is 5. The van der Waals surface area contributed by atoms with Gasteiger partial charge in [-0.25, -0.2) is 0 Å². The highest BCUT2D eigenvalue weighted by atomic mass is 16.7. The predicted octanol–water partition coefficient (Wildman–Crippen LogP) is 1.39. The summed E-state index contributed by atoms with van der Waals surface area (Å²) in [5.74, 6) is 0.140. The Labute approximate surface area is 85.6 Å². The summed E-state index contributed by atoms with van der Waals surface area (Å²) in [5.41, 5.74) is -0.363. The molecule has 0 spiro atoms. The summed E-state index contributed by atoms with van der Waals surface area (Å²) < 4.78 is 9.65. The van der Waals surface area contributed by atoms with Gasteiger partial charge in [0, 0.05) is 13.2 Å². The molecule has 0 heterocycles. The molecule has 0 atom stereocenters. The Morgan fingerprint density at radius 1 is 1.53 bits per heavy atom. The summed E-state index contributed by atoms with van der Waals surface area (Å²) in [6.45, 7) is -0.0675. The maximum atomic E-state index is 10.7. The first-order chi connectivity index (χ1) is 7.20. The van der Waals surface area contributed by atoms with E-state index in [-0.39, 0.29) is 23.8 Å². The van der Waals surface area contributed by atoms with Gasteiger partial charge in [0.05, 0.1) is 4.92 Å². The zero-order valence-corrected chi connectivity index (χ0v) is 8.00. The van der Waals surface area contributed by atoms with Crippen LogP contribution in [0.15, 0.2) is 18.2 Å². The van der Waals surface area contributed by atoms with E-state index in [1.54, 1.807) is 0 Å². The largest absolute Gasteiger partial charge is 0.467 e. The van der Waals surface area contributed by atoms with Crippen LogP contribution in [0.25, 0.3) is 0 Å². The third-order valence-corrected chi connectivity index (χ3v) is 1.69. The van der Waals surface area contributed by atoms with Gasteiger partial charge in [-0.1, -0.05) is 6.07 Å². The van der Waals surface area contributed by atoms with Crippen LogP contribution in [0.2, 0.25) is 0 Å². The van der Waals surface area contributed by atoms with Gasteiger partial charge in [0.15, 0.2) is 13.1 Å². The first-order valence-electron chi connectivity index (χ1n) is 4.05. The van der Waals surface area contributed by atoms with Crippen molar-refractivity contribution in [1.82, 2.24) is 0 Å². The van der Waals surface area contributed by atoms with Crippen LogP contribution in [0.4, 0.5) is 5.69 Å². The summed E-state index contributed by atoms with van der Waals surface area (Å²) in [7, 11) is 1.41. The van der Waals surface area contributed by atoms with E-state index < -0.39 is 4.92 Å². The smallest absolute Gasteiger partial charge is 0.283 e. The molecule has 0 saturated heterocycles. The number of aldehydes is 1. The second-order valence-electron chi connectivity index (χ2n) is 2.61. The standard InChI is InChI=1S/C9H9NO5/c1-14-6-15-9-4-2-3-8(10(12)13)7(9)5-11/h2-5H,6H2,1H3. The van der Waals surface area contributed by atoms with Crippen molar-refractivity contribution in [1.29, 1.82) is 0 Å². The highest BCUT2D eigenvalue weighted by molar-refractivity contribution is 5.85. The van der Waals surface area contributed by atoms with Gasteiger partial charge in [-0.05, 0) is 6.07 Å². The molecule has 6 heteroatoms. The number of nitro benzene ring substituents is 1. The molecular formula is C9H9NO5. The van der Waals surface area contributed by atoms with Crippen molar-refractivity contribution in [2.45, 2.75) is 0 Å². The van der Waals surface area contributed by atoms with Gasteiger partial charge >= 0.3 is 0 Å². The summed E-state index contributed by atoms with van der Waals surface area (Å²) in [5, 5.41) is 10.6. The SMILES string of the molecule is COCOc1cccc([N+](=O)[O-])c1C=O. The maximum Gasteiger partial charge on any atom is 0.283 e. The first kappa shape index (κ1) is 11.1. The molecule has 0 unspecified atom stereocenters. The Balaban J connectivity index is 3.10. The maximum absolute atomic E-state index is 10.7. The van der Waals surface area contributed by atoms with Crippen molar-refractivity contribution in [2.75, 3.05) is 13.9 Å². The van der Waals surface area contributed by atoms with E-state index in [4.69, 9.17) is 4.74 Å². The number of hydrogen-bond donors (Lipinski definition) is 0. The number of carbonyl (C=O) groups is 1. The lowest BCUT2D eigenvalue weighted by atomic mass is 10.2. The lowest BCUT2D eigenvalue weighted by molar-refractivity contribution is -0.385. The van der Waals surface area contributed by atoms with Crippen LogP contribution < -0.4 is 4.74 Å². The second kappa shape index (κ2) is 5.06. The highest BCUT2D eigenvalue weighted by Crippen LogP contribution is 2.26. The molecule has 0 aliphatic heterocycles. The minimum absolute atomic E-state index is 0.0675. The minimum Gasteiger partial charge on any atom is -0.467 e. The Bertz CT molecular complexity index is 377. The number of nitrogens with zero attached hydrogens (tertiary/aromatic N) is 1. The van der Waals surface area contributed by atoms with Crippen LogP contribution in [0.5, 0.6) is 5.75 Å². The van der Waals surface area contributed by atoms with E-state index in [9.17, 15) is 14.9 Å². The fourth-order valence-corrected chi connectivity index (χ4v) is 1.06. The van der Waals surface area contributed by atoms with Crippen molar-refractivity contribution in [2.24, 2.45) is 0 Å². The summed E-state index contributed by atoms with van der Waals surface area (Å²) in [4.78, 5) is 20.6. The van der Waals surface area contributed by atoms with Crippen LogP contribution in [0.1, 0.15) is 10.4 Å². The molecule has 1 aromatic carbocycles. The van der Waals surface area contributed by atoms with Crippen molar-refractivity contribution < 1.29 is 19.2 Å². The summed E-state index contributed by atoms with van der Waals surface area (Å²) >= 11 is 0. The monoisotopic (exact) mass is 211 g/mol. The van der Waals surface area contributed by atoms with E-state index in [2.05, 4.69) is 4.74 Å². The Hall–Kier alpha value is -1.95. The number of benzene rings is 1. The van der Waals surface area contributed by atoms with E-state index in [0.717, 1.165) is 0 Å². The van der Waals surface area contributed by atoms with Crippen molar-refractivity contribution in [3.8, 4) is 5.75 Å². The topological polar surface area (TPSA) is 78.7 Å². The molecule has 6 nitrogen and oxygen atoms in total. The third-order valence-electron chi connectivity index (χ3n) is 1.69. The van der Waals surface area contributed by atoms with E-state index in [0.29, 0.717) is 6.29 Å². The molecule has 0 radical (unpaired) electrons. The molecule has 1 aromatic rings. The van der Waals surface area contributed by atoms with E-state index in [1.165, 1.54) is 25.3 Å². The predicted molar refractivity (Wildman–Crippen MR) is 51.0 cm³/mol. The zero-order valence-electron chi connectivity index (χ0n) is 8.00. The fraction of sp³-hybridized carbons (Fsp3) is 0.222. The molecule has 0 aliphatic rings. The molecule has 0 saturated carbocycles. The quantitative estimate of drug-likeness (QED) is 0.318. The molecule has 80 valence electrons. The van der Waals surface area contributed by atoms with Gasteiger partial charge in [-0.3, -0.25) is 14.9 Å². The highest BCUT2D eigenvalue weighted by Gasteiger charge is 2.17. The Morgan fingerprint density at radius 3 is 2.80 bits per heavy atom. The van der Waals surface area contributed by atoms with Crippen molar-refractivity contribution in [3.63, 3.8) is 0 Å². The molecule has 0 N–H and O–H groups in total.